The quantitative estimate of drug-likeness (QED) is 0.579. The number of esters is 1. The van der Waals surface area contributed by atoms with E-state index in [0.29, 0.717) is 21.1 Å². The molecule has 0 saturated heterocycles. The molecule has 24 heavy (non-hydrogen) atoms. The van der Waals surface area contributed by atoms with Gasteiger partial charge < -0.3 is 14.5 Å². The number of carbonyl (C=O) groups is 2. The van der Waals surface area contributed by atoms with Crippen LogP contribution in [0.1, 0.15) is 16.9 Å². The second kappa shape index (κ2) is 8.17. The summed E-state index contributed by atoms with van der Waals surface area (Å²) in [4.78, 5) is 23.5. The molecule has 1 amide bonds. The molecule has 1 heterocycles. The highest BCUT2D eigenvalue weighted by Crippen LogP contribution is 2.27. The molecule has 1 aromatic heterocycles. The third-order valence-corrected chi connectivity index (χ3v) is 3.74. The largest absolute Gasteiger partial charge is 0.452 e. The van der Waals surface area contributed by atoms with Gasteiger partial charge in [-0.3, -0.25) is 4.79 Å². The monoisotopic (exact) mass is 411 g/mol. The van der Waals surface area contributed by atoms with Crippen molar-refractivity contribution in [1.82, 2.24) is 0 Å². The lowest BCUT2D eigenvalue weighted by atomic mass is 10.1. The molecular weight excluding hydrogens is 398 g/mol. The third-order valence-electron chi connectivity index (χ3n) is 3.02. The van der Waals surface area contributed by atoms with Crippen LogP contribution >= 0.6 is 27.5 Å². The van der Waals surface area contributed by atoms with Crippen LogP contribution in [0.2, 0.25) is 5.02 Å². The first kappa shape index (κ1) is 18.3. The predicted octanol–water partition coefficient (Wildman–Crippen LogP) is 4.51. The molecule has 0 aliphatic heterocycles. The van der Waals surface area contributed by atoms with Crippen molar-refractivity contribution in [3.63, 3.8) is 0 Å². The minimum atomic E-state index is -0.649. The summed E-state index contributed by atoms with van der Waals surface area (Å²) in [5.41, 5.74) is 2.35. The Labute approximate surface area is 152 Å². The van der Waals surface area contributed by atoms with Gasteiger partial charge in [0.15, 0.2) is 11.3 Å². The Kier molecular flexibility index (Phi) is 6.23. The van der Waals surface area contributed by atoms with E-state index in [4.69, 9.17) is 20.8 Å². The maximum absolute atomic E-state index is 11.9. The normalized spacial score (nSPS) is 10.8. The summed E-state index contributed by atoms with van der Waals surface area (Å²) in [6.45, 7) is 3.34. The fourth-order valence-corrected chi connectivity index (χ4v) is 2.69. The molecule has 1 aromatic carbocycles. The van der Waals surface area contributed by atoms with Crippen LogP contribution in [0.5, 0.6) is 0 Å². The minimum Gasteiger partial charge on any atom is -0.452 e. The van der Waals surface area contributed by atoms with Crippen LogP contribution in [0.25, 0.3) is 6.08 Å². The highest BCUT2D eigenvalue weighted by molar-refractivity contribution is 9.10. The van der Waals surface area contributed by atoms with Gasteiger partial charge in [-0.1, -0.05) is 17.7 Å². The number of carbonyl (C=O) groups excluding carboxylic acids is 2. The van der Waals surface area contributed by atoms with Crippen molar-refractivity contribution in [3.8, 4) is 0 Å². The SMILES string of the molecule is Cc1cc(C)c(NC(=O)COC(=O)/C=C/c2ccc(Br)o2)c(Cl)c1. The number of rotatable bonds is 5. The van der Waals surface area contributed by atoms with Gasteiger partial charge in [0.2, 0.25) is 0 Å². The highest BCUT2D eigenvalue weighted by Gasteiger charge is 2.11. The molecule has 126 valence electrons. The van der Waals surface area contributed by atoms with Gasteiger partial charge in [-0.25, -0.2) is 4.79 Å². The number of hydrogen-bond acceptors (Lipinski definition) is 4. The van der Waals surface area contributed by atoms with Crippen molar-refractivity contribution >= 4 is 51.2 Å². The number of nitrogens with one attached hydrogen (secondary N) is 1. The third kappa shape index (κ3) is 5.25. The molecule has 0 spiro atoms. The van der Waals surface area contributed by atoms with E-state index < -0.39 is 18.5 Å². The Hall–Kier alpha value is -2.05. The van der Waals surface area contributed by atoms with E-state index in [9.17, 15) is 9.59 Å². The van der Waals surface area contributed by atoms with Gasteiger partial charge in [-0.2, -0.15) is 0 Å². The van der Waals surface area contributed by atoms with Gasteiger partial charge in [0.05, 0.1) is 10.7 Å². The van der Waals surface area contributed by atoms with Gasteiger partial charge >= 0.3 is 5.97 Å². The van der Waals surface area contributed by atoms with Gasteiger partial charge in [-0.15, -0.1) is 0 Å². The van der Waals surface area contributed by atoms with Crippen LogP contribution in [-0.4, -0.2) is 18.5 Å². The zero-order chi connectivity index (χ0) is 17.7. The standard InChI is InChI=1S/C17H15BrClNO4/c1-10-7-11(2)17(13(19)8-10)20-15(21)9-23-16(22)6-4-12-3-5-14(18)24-12/h3-8H,9H2,1-2H3,(H,20,21)/b6-4+. The van der Waals surface area contributed by atoms with Crippen molar-refractivity contribution in [2.24, 2.45) is 0 Å². The lowest BCUT2D eigenvalue weighted by Gasteiger charge is -2.11. The molecule has 0 aliphatic rings. The zero-order valence-electron chi connectivity index (χ0n) is 13.1. The van der Waals surface area contributed by atoms with E-state index >= 15 is 0 Å². The molecular formula is C17H15BrClNO4. The van der Waals surface area contributed by atoms with E-state index in [0.717, 1.165) is 11.1 Å². The van der Waals surface area contributed by atoms with E-state index in [1.54, 1.807) is 18.2 Å². The summed E-state index contributed by atoms with van der Waals surface area (Å²) < 4.78 is 10.6. The Morgan fingerprint density at radius 2 is 2.08 bits per heavy atom. The Balaban J connectivity index is 1.87. The summed E-state index contributed by atoms with van der Waals surface area (Å²) in [7, 11) is 0. The molecule has 0 unspecified atom stereocenters. The molecule has 1 N–H and O–H groups in total. The second-order valence-corrected chi connectivity index (χ2v) is 6.26. The van der Waals surface area contributed by atoms with Gasteiger partial charge in [0.25, 0.3) is 5.91 Å². The van der Waals surface area contributed by atoms with Crippen molar-refractivity contribution in [2.75, 3.05) is 11.9 Å². The Morgan fingerprint density at radius 3 is 2.71 bits per heavy atom. The molecule has 0 aliphatic carbocycles. The van der Waals surface area contributed by atoms with E-state index in [2.05, 4.69) is 21.2 Å². The summed E-state index contributed by atoms with van der Waals surface area (Å²) in [6.07, 6.45) is 2.63. The number of aryl methyl sites for hydroxylation is 2. The van der Waals surface area contributed by atoms with Crippen molar-refractivity contribution in [2.45, 2.75) is 13.8 Å². The van der Waals surface area contributed by atoms with E-state index in [1.165, 1.54) is 12.2 Å². The van der Waals surface area contributed by atoms with Gasteiger partial charge in [0.1, 0.15) is 5.76 Å². The number of benzene rings is 1. The maximum Gasteiger partial charge on any atom is 0.331 e. The summed E-state index contributed by atoms with van der Waals surface area (Å²) in [5.74, 6) is -0.624. The van der Waals surface area contributed by atoms with Crippen LogP contribution in [0.3, 0.4) is 0 Å². The van der Waals surface area contributed by atoms with Crippen LogP contribution in [0.4, 0.5) is 5.69 Å². The smallest absolute Gasteiger partial charge is 0.331 e. The molecule has 0 fully saturated rings. The van der Waals surface area contributed by atoms with Crippen molar-refractivity contribution in [1.29, 1.82) is 0 Å². The summed E-state index contributed by atoms with van der Waals surface area (Å²) >= 11 is 9.27. The van der Waals surface area contributed by atoms with Crippen LogP contribution in [0, 0.1) is 13.8 Å². The molecule has 0 saturated carbocycles. The number of halogens is 2. The zero-order valence-corrected chi connectivity index (χ0v) is 15.4. The van der Waals surface area contributed by atoms with Gasteiger partial charge in [0, 0.05) is 6.08 Å². The Bertz CT molecular complexity index is 775. The molecule has 2 rings (SSSR count). The first-order chi connectivity index (χ1) is 11.3. The van der Waals surface area contributed by atoms with Gasteiger partial charge in [-0.05, 0) is 65.2 Å². The second-order valence-electron chi connectivity index (χ2n) is 5.07. The molecule has 0 bridgehead atoms. The Morgan fingerprint density at radius 1 is 1.33 bits per heavy atom. The number of furan rings is 1. The van der Waals surface area contributed by atoms with Crippen molar-refractivity contribution in [3.05, 3.63) is 56.9 Å². The molecule has 5 nitrogen and oxygen atoms in total. The highest BCUT2D eigenvalue weighted by atomic mass is 79.9. The fraction of sp³-hybridized carbons (Fsp3) is 0.176. The lowest BCUT2D eigenvalue weighted by Crippen LogP contribution is -2.20. The number of ether oxygens (including phenoxy) is 1. The molecule has 7 heteroatoms. The summed E-state index contributed by atoms with van der Waals surface area (Å²) in [5, 5.41) is 3.08. The summed E-state index contributed by atoms with van der Waals surface area (Å²) in [6, 6.07) is 7.03. The van der Waals surface area contributed by atoms with E-state index in [1.807, 2.05) is 19.9 Å². The van der Waals surface area contributed by atoms with Crippen LogP contribution in [-0.2, 0) is 14.3 Å². The number of anilines is 1. The average Bonchev–Trinajstić information content (AvgIpc) is 2.92. The van der Waals surface area contributed by atoms with Crippen LogP contribution < -0.4 is 5.32 Å². The maximum atomic E-state index is 11.9. The fourth-order valence-electron chi connectivity index (χ4n) is 2.00. The minimum absolute atomic E-state index is 0.408. The molecule has 2 aromatic rings. The molecule has 0 atom stereocenters. The predicted molar refractivity (Wildman–Crippen MR) is 96.0 cm³/mol. The van der Waals surface area contributed by atoms with Crippen LogP contribution in [0.15, 0.2) is 39.4 Å². The number of hydrogen-bond donors (Lipinski definition) is 1. The lowest BCUT2D eigenvalue weighted by molar-refractivity contribution is -0.142. The van der Waals surface area contributed by atoms with E-state index in [-0.39, 0.29) is 0 Å². The average molecular weight is 413 g/mol. The topological polar surface area (TPSA) is 68.5 Å². The first-order valence-corrected chi connectivity index (χ1v) is 8.19. The van der Waals surface area contributed by atoms with Crippen molar-refractivity contribution < 1.29 is 18.7 Å². The first-order valence-electron chi connectivity index (χ1n) is 7.02. The number of amides is 1. The molecule has 0 radical (unpaired) electrons.